The van der Waals surface area contributed by atoms with Crippen LogP contribution in [0.25, 0.3) is 0 Å². The third-order valence-corrected chi connectivity index (χ3v) is 2.62. The van der Waals surface area contributed by atoms with Crippen molar-refractivity contribution in [2.45, 2.75) is 24.5 Å². The molecular weight excluding hydrogens is 230 g/mol. The molecule has 0 heterocycles. The van der Waals surface area contributed by atoms with E-state index in [1.807, 2.05) is 0 Å². The van der Waals surface area contributed by atoms with E-state index in [4.69, 9.17) is 0 Å². The number of hydrogen-bond donors (Lipinski definition) is 0. The predicted molar refractivity (Wildman–Crippen MR) is 43.2 cm³/mol. The van der Waals surface area contributed by atoms with Crippen LogP contribution in [-0.2, 0) is 0 Å². The van der Waals surface area contributed by atoms with Crippen molar-refractivity contribution in [3.63, 3.8) is 0 Å². The van der Waals surface area contributed by atoms with Crippen molar-refractivity contribution >= 4 is 11.8 Å². The third kappa shape index (κ3) is 4.78. The summed E-state index contributed by atoms with van der Waals surface area (Å²) in [7, 11) is 0. The molecule has 0 spiro atoms. The molecule has 0 aliphatic carbocycles. The van der Waals surface area contributed by atoms with Gasteiger partial charge >= 0.3 is 12.4 Å². The minimum atomic E-state index is -5.27. The van der Waals surface area contributed by atoms with Crippen molar-refractivity contribution in [3.8, 4) is 0 Å². The molecule has 0 nitrogen and oxygen atoms in total. The van der Waals surface area contributed by atoms with Gasteiger partial charge in [0.2, 0.25) is 0 Å². The minimum absolute atomic E-state index is 0.206. The Morgan fingerprint density at radius 1 is 1.14 bits per heavy atom. The van der Waals surface area contributed by atoms with Gasteiger partial charge in [0.25, 0.3) is 0 Å². The fraction of sp³-hybridized carbons (Fsp3) is 0.714. The minimum Gasteiger partial charge on any atom is -0.169 e. The van der Waals surface area contributed by atoms with E-state index in [1.54, 1.807) is 0 Å². The van der Waals surface area contributed by atoms with Gasteiger partial charge in [0.15, 0.2) is 5.25 Å². The van der Waals surface area contributed by atoms with Crippen LogP contribution in [0.2, 0.25) is 0 Å². The Balaban J connectivity index is 4.51. The average Bonchev–Trinajstić information content (AvgIpc) is 1.78. The molecule has 84 valence electrons. The molecule has 0 aromatic rings. The van der Waals surface area contributed by atoms with Crippen LogP contribution in [0.15, 0.2) is 12.2 Å². The van der Waals surface area contributed by atoms with E-state index in [-0.39, 0.29) is 23.1 Å². The molecule has 0 unspecified atom stereocenters. The zero-order chi connectivity index (χ0) is 11.6. The van der Waals surface area contributed by atoms with Crippen molar-refractivity contribution < 1.29 is 26.3 Å². The molecule has 0 radical (unpaired) electrons. The Kier molecular flexibility index (Phi) is 4.35. The van der Waals surface area contributed by atoms with Crippen molar-refractivity contribution in [2.75, 3.05) is 5.75 Å². The first-order valence-electron chi connectivity index (χ1n) is 3.44. The van der Waals surface area contributed by atoms with Gasteiger partial charge in [-0.15, -0.1) is 11.8 Å². The van der Waals surface area contributed by atoms with E-state index in [1.165, 1.54) is 6.92 Å². The Morgan fingerprint density at radius 2 is 1.50 bits per heavy atom. The van der Waals surface area contributed by atoms with Gasteiger partial charge in [0, 0.05) is 5.75 Å². The van der Waals surface area contributed by atoms with Crippen molar-refractivity contribution in [2.24, 2.45) is 0 Å². The lowest BCUT2D eigenvalue weighted by molar-refractivity contribution is -0.223. The Bertz CT molecular complexity index is 189. The van der Waals surface area contributed by atoms with Crippen LogP contribution < -0.4 is 0 Å². The lowest BCUT2D eigenvalue weighted by atomic mass is 10.4. The first-order valence-corrected chi connectivity index (χ1v) is 4.49. The summed E-state index contributed by atoms with van der Waals surface area (Å²) in [5.74, 6) is -0.357. The molecule has 0 aliphatic rings. The number of hydrogen-bond acceptors (Lipinski definition) is 1. The van der Waals surface area contributed by atoms with E-state index in [2.05, 4.69) is 6.58 Å². The summed E-state index contributed by atoms with van der Waals surface area (Å²) in [5.41, 5.74) is 0.272. The van der Waals surface area contributed by atoms with Crippen LogP contribution in [0, 0.1) is 0 Å². The summed E-state index contributed by atoms with van der Waals surface area (Å²) in [6, 6.07) is 0. The van der Waals surface area contributed by atoms with Gasteiger partial charge in [0.1, 0.15) is 0 Å². The molecule has 0 bridgehead atoms. The van der Waals surface area contributed by atoms with Gasteiger partial charge in [-0.2, -0.15) is 26.3 Å². The Morgan fingerprint density at radius 3 is 1.71 bits per heavy atom. The summed E-state index contributed by atoms with van der Waals surface area (Å²) in [4.78, 5) is 0. The highest BCUT2D eigenvalue weighted by Crippen LogP contribution is 2.41. The molecule has 0 saturated carbocycles. The molecule has 0 rings (SSSR count). The molecule has 0 aromatic carbocycles. The van der Waals surface area contributed by atoms with E-state index in [9.17, 15) is 26.3 Å². The highest BCUT2D eigenvalue weighted by atomic mass is 32.2. The average molecular weight is 238 g/mol. The summed E-state index contributed by atoms with van der Waals surface area (Å²) in [6.07, 6.45) is -10.5. The first kappa shape index (κ1) is 13.7. The van der Waals surface area contributed by atoms with Crippen LogP contribution >= 0.6 is 11.8 Å². The lowest BCUT2D eigenvalue weighted by Gasteiger charge is -2.22. The normalized spacial score (nSPS) is 13.4. The second-order valence-corrected chi connectivity index (χ2v) is 3.82. The Labute approximate surface area is 81.4 Å². The maximum Gasteiger partial charge on any atom is 0.409 e. The van der Waals surface area contributed by atoms with Crippen molar-refractivity contribution in [3.05, 3.63) is 12.2 Å². The van der Waals surface area contributed by atoms with Gasteiger partial charge in [0.05, 0.1) is 0 Å². The van der Waals surface area contributed by atoms with E-state index in [0.29, 0.717) is 0 Å². The molecule has 0 atom stereocenters. The molecule has 0 N–H and O–H groups in total. The van der Waals surface area contributed by atoms with Crippen molar-refractivity contribution in [1.29, 1.82) is 0 Å². The number of thioether (sulfide) groups is 1. The van der Waals surface area contributed by atoms with E-state index < -0.39 is 17.6 Å². The van der Waals surface area contributed by atoms with E-state index >= 15 is 0 Å². The second-order valence-electron chi connectivity index (χ2n) is 2.73. The zero-order valence-corrected chi connectivity index (χ0v) is 7.98. The quantitative estimate of drug-likeness (QED) is 0.532. The topological polar surface area (TPSA) is 0 Å². The van der Waals surface area contributed by atoms with Gasteiger partial charge in [-0.3, -0.25) is 0 Å². The maximum absolute atomic E-state index is 11.9. The van der Waals surface area contributed by atoms with E-state index in [0.717, 1.165) is 0 Å². The van der Waals surface area contributed by atoms with Crippen LogP contribution in [0.3, 0.4) is 0 Å². The largest absolute Gasteiger partial charge is 0.409 e. The summed E-state index contributed by atoms with van der Waals surface area (Å²) >= 11 is -0.206. The van der Waals surface area contributed by atoms with Crippen LogP contribution in [-0.4, -0.2) is 23.4 Å². The molecular formula is C7H8F6S. The van der Waals surface area contributed by atoms with Gasteiger partial charge in [-0.05, 0) is 6.92 Å². The lowest BCUT2D eigenvalue weighted by Crippen LogP contribution is -2.39. The third-order valence-electron chi connectivity index (χ3n) is 1.09. The monoisotopic (exact) mass is 238 g/mol. The molecule has 0 aromatic heterocycles. The molecule has 0 aliphatic heterocycles. The van der Waals surface area contributed by atoms with Crippen LogP contribution in [0.1, 0.15) is 6.92 Å². The second kappa shape index (κ2) is 4.46. The van der Waals surface area contributed by atoms with Crippen LogP contribution in [0.5, 0.6) is 0 Å². The predicted octanol–water partition coefficient (Wildman–Crippen LogP) is 3.79. The van der Waals surface area contributed by atoms with Gasteiger partial charge < -0.3 is 0 Å². The SMILES string of the molecule is C=C(C)CSC(C(F)(F)F)C(F)(F)F. The smallest absolute Gasteiger partial charge is 0.169 e. The van der Waals surface area contributed by atoms with Gasteiger partial charge in [-0.25, -0.2) is 0 Å². The van der Waals surface area contributed by atoms with Gasteiger partial charge in [-0.1, -0.05) is 12.2 Å². The highest BCUT2D eigenvalue weighted by molar-refractivity contribution is 8.00. The molecule has 0 amide bonds. The highest BCUT2D eigenvalue weighted by Gasteiger charge is 2.56. The molecule has 14 heavy (non-hydrogen) atoms. The summed E-state index contributed by atoms with van der Waals surface area (Å²) in [5, 5.41) is -3.33. The Hall–Kier alpha value is -0.330. The zero-order valence-electron chi connectivity index (χ0n) is 7.17. The summed E-state index contributed by atoms with van der Waals surface area (Å²) in [6.45, 7) is 4.61. The van der Waals surface area contributed by atoms with Crippen molar-refractivity contribution in [1.82, 2.24) is 0 Å². The fourth-order valence-corrected chi connectivity index (χ4v) is 1.43. The molecule has 7 heteroatoms. The van der Waals surface area contributed by atoms with Crippen LogP contribution in [0.4, 0.5) is 26.3 Å². The number of halogens is 6. The molecule has 0 saturated heterocycles. The fourth-order valence-electron chi connectivity index (χ4n) is 0.600. The maximum atomic E-state index is 11.9. The number of alkyl halides is 6. The summed E-state index contributed by atoms with van der Waals surface area (Å²) < 4.78 is 71.4. The first-order chi connectivity index (χ1) is 6.05. The number of rotatable bonds is 3. The molecule has 0 fully saturated rings. The standard InChI is InChI=1S/C7H8F6S/c1-4(2)3-14-5(6(8,9)10)7(11,12)13/h5H,1,3H2,2H3.